The molecule has 1 aromatic heterocycles. The van der Waals surface area contributed by atoms with E-state index in [1.54, 1.807) is 0 Å². The van der Waals surface area contributed by atoms with Gasteiger partial charge in [0.2, 0.25) is 0 Å². The van der Waals surface area contributed by atoms with Crippen LogP contribution in [-0.4, -0.2) is 21.2 Å². The second-order valence-corrected chi connectivity index (χ2v) is 6.00. The van der Waals surface area contributed by atoms with Crippen LogP contribution in [0.4, 0.5) is 0 Å². The quantitative estimate of drug-likeness (QED) is 0.774. The zero-order valence-electron chi connectivity index (χ0n) is 10.5. The number of phenolic OH excluding ortho intramolecular Hbond substituents is 1. The molecular weight excluding hydrogens is 374 g/mol. The normalized spacial score (nSPS) is 10.9. The molecule has 0 atom stereocenters. The third-order valence-corrected chi connectivity index (χ3v) is 4.06. The zero-order chi connectivity index (χ0) is 13.8. The van der Waals surface area contributed by atoms with Crippen molar-refractivity contribution in [3.8, 4) is 5.75 Å². The molecule has 0 fully saturated rings. The van der Waals surface area contributed by atoms with Gasteiger partial charge in [-0.15, -0.1) is 0 Å². The van der Waals surface area contributed by atoms with Crippen molar-refractivity contribution in [3.63, 3.8) is 0 Å². The van der Waals surface area contributed by atoms with Crippen LogP contribution in [0.1, 0.15) is 11.4 Å². The monoisotopic (exact) mass is 387 g/mol. The molecule has 2 N–H and O–H groups in total. The van der Waals surface area contributed by atoms with Gasteiger partial charge in [0.25, 0.3) is 0 Å². The molecule has 19 heavy (non-hydrogen) atoms. The molecule has 0 aliphatic heterocycles. The maximum Gasteiger partial charge on any atom is 0.143 e. The maximum atomic E-state index is 9.63. The Kier molecular flexibility index (Phi) is 5.01. The number of imidazole rings is 1. The van der Waals surface area contributed by atoms with Crippen LogP contribution in [0, 0.1) is 0 Å². The summed E-state index contributed by atoms with van der Waals surface area (Å²) >= 11 is 6.65. The van der Waals surface area contributed by atoms with Gasteiger partial charge in [-0.05, 0) is 49.6 Å². The highest BCUT2D eigenvalue weighted by atomic mass is 79.9. The summed E-state index contributed by atoms with van der Waals surface area (Å²) in [5, 5.41) is 13.0. The number of phenols is 1. The number of hydrogen-bond donors (Lipinski definition) is 2. The smallest absolute Gasteiger partial charge is 0.143 e. The van der Waals surface area contributed by atoms with Crippen molar-refractivity contribution in [2.75, 3.05) is 6.54 Å². The summed E-state index contributed by atoms with van der Waals surface area (Å²) in [5.74, 6) is 1.30. The van der Waals surface area contributed by atoms with Gasteiger partial charge in [0, 0.05) is 39.0 Å². The van der Waals surface area contributed by atoms with Gasteiger partial charge in [-0.1, -0.05) is 0 Å². The lowest BCUT2D eigenvalue weighted by atomic mass is 10.2. The summed E-state index contributed by atoms with van der Waals surface area (Å²) in [5.41, 5.74) is 1.11. The lowest BCUT2D eigenvalue weighted by Gasteiger charge is -2.08. The molecule has 2 aromatic rings. The van der Waals surface area contributed by atoms with E-state index in [0.717, 1.165) is 30.9 Å². The molecule has 0 spiro atoms. The van der Waals surface area contributed by atoms with E-state index in [4.69, 9.17) is 0 Å². The van der Waals surface area contributed by atoms with Crippen LogP contribution in [0.25, 0.3) is 0 Å². The molecular formula is C13H15Br2N3O. The number of halogens is 2. The number of benzene rings is 1. The van der Waals surface area contributed by atoms with Gasteiger partial charge < -0.3 is 15.0 Å². The molecule has 0 amide bonds. The highest BCUT2D eigenvalue weighted by molar-refractivity contribution is 9.11. The van der Waals surface area contributed by atoms with E-state index in [1.807, 2.05) is 36.1 Å². The number of rotatable bonds is 5. The first-order chi connectivity index (χ1) is 9.08. The molecule has 1 aromatic carbocycles. The predicted molar refractivity (Wildman–Crippen MR) is 82.1 cm³/mol. The third kappa shape index (κ3) is 3.81. The van der Waals surface area contributed by atoms with E-state index in [1.165, 1.54) is 0 Å². The fourth-order valence-electron chi connectivity index (χ4n) is 1.79. The first kappa shape index (κ1) is 14.6. The SMILES string of the molecule is Cn1ccnc1CCNCc1cc(Br)c(O)c(Br)c1. The van der Waals surface area contributed by atoms with Crippen LogP contribution < -0.4 is 5.32 Å². The van der Waals surface area contributed by atoms with Gasteiger partial charge in [0.05, 0.1) is 8.95 Å². The van der Waals surface area contributed by atoms with E-state index >= 15 is 0 Å². The van der Waals surface area contributed by atoms with Crippen molar-refractivity contribution in [1.82, 2.24) is 14.9 Å². The maximum absolute atomic E-state index is 9.63. The number of aromatic nitrogens is 2. The summed E-state index contributed by atoms with van der Waals surface area (Å²) in [6, 6.07) is 3.82. The first-order valence-corrected chi connectivity index (χ1v) is 7.50. The van der Waals surface area contributed by atoms with Crippen molar-refractivity contribution in [2.45, 2.75) is 13.0 Å². The van der Waals surface area contributed by atoms with Gasteiger partial charge in [-0.3, -0.25) is 0 Å². The average molecular weight is 389 g/mol. The fourth-order valence-corrected chi connectivity index (χ4v) is 3.07. The Labute approximate surface area is 129 Å². The number of aryl methyl sites for hydroxylation is 1. The van der Waals surface area contributed by atoms with Crippen molar-refractivity contribution in [2.24, 2.45) is 7.05 Å². The molecule has 0 aliphatic rings. The third-order valence-electron chi connectivity index (χ3n) is 2.85. The minimum absolute atomic E-state index is 0.233. The van der Waals surface area contributed by atoms with E-state index in [-0.39, 0.29) is 5.75 Å². The molecule has 0 bridgehead atoms. The lowest BCUT2D eigenvalue weighted by molar-refractivity contribution is 0.468. The summed E-state index contributed by atoms with van der Waals surface area (Å²) in [6.07, 6.45) is 4.65. The second kappa shape index (κ2) is 6.54. The molecule has 2 rings (SSSR count). The molecule has 0 unspecified atom stereocenters. The predicted octanol–water partition coefficient (Wildman–Crippen LogP) is 2.98. The molecule has 0 saturated carbocycles. The van der Waals surface area contributed by atoms with E-state index in [0.29, 0.717) is 8.95 Å². The Morgan fingerprint density at radius 3 is 2.58 bits per heavy atom. The van der Waals surface area contributed by atoms with E-state index < -0.39 is 0 Å². The van der Waals surface area contributed by atoms with Gasteiger partial charge >= 0.3 is 0 Å². The van der Waals surface area contributed by atoms with Gasteiger partial charge in [0.15, 0.2) is 0 Å². The van der Waals surface area contributed by atoms with Crippen LogP contribution >= 0.6 is 31.9 Å². The van der Waals surface area contributed by atoms with Crippen molar-refractivity contribution in [1.29, 1.82) is 0 Å². The van der Waals surface area contributed by atoms with Crippen molar-refractivity contribution in [3.05, 3.63) is 44.9 Å². The molecule has 0 aliphatic carbocycles. The Bertz CT molecular complexity index is 546. The number of aromatic hydroxyl groups is 1. The number of nitrogens with one attached hydrogen (secondary N) is 1. The highest BCUT2D eigenvalue weighted by Crippen LogP contribution is 2.33. The van der Waals surface area contributed by atoms with Gasteiger partial charge in [0.1, 0.15) is 11.6 Å². The minimum atomic E-state index is 0.233. The highest BCUT2D eigenvalue weighted by Gasteiger charge is 2.05. The first-order valence-electron chi connectivity index (χ1n) is 5.91. The molecule has 6 heteroatoms. The Morgan fingerprint density at radius 2 is 2.00 bits per heavy atom. The minimum Gasteiger partial charge on any atom is -0.506 e. The summed E-state index contributed by atoms with van der Waals surface area (Å²) in [4.78, 5) is 4.28. The molecule has 4 nitrogen and oxygen atoms in total. The second-order valence-electron chi connectivity index (χ2n) is 4.29. The lowest BCUT2D eigenvalue weighted by Crippen LogP contribution is -2.18. The van der Waals surface area contributed by atoms with Crippen molar-refractivity contribution < 1.29 is 5.11 Å². The molecule has 0 saturated heterocycles. The van der Waals surface area contributed by atoms with Crippen LogP contribution in [0.2, 0.25) is 0 Å². The fraction of sp³-hybridized carbons (Fsp3) is 0.308. The van der Waals surface area contributed by atoms with Crippen LogP contribution in [0.3, 0.4) is 0 Å². The summed E-state index contributed by atoms with van der Waals surface area (Å²) in [7, 11) is 2.00. The standard InChI is InChI=1S/C13H15Br2N3O/c1-18-5-4-17-12(18)2-3-16-8-9-6-10(14)13(19)11(15)7-9/h4-7,16,19H,2-3,8H2,1H3. The molecule has 0 radical (unpaired) electrons. The van der Waals surface area contributed by atoms with Crippen molar-refractivity contribution >= 4 is 31.9 Å². The summed E-state index contributed by atoms with van der Waals surface area (Å²) in [6.45, 7) is 1.61. The zero-order valence-corrected chi connectivity index (χ0v) is 13.7. The Hall–Kier alpha value is -0.850. The van der Waals surface area contributed by atoms with Gasteiger partial charge in [-0.2, -0.15) is 0 Å². The summed E-state index contributed by atoms with van der Waals surface area (Å²) < 4.78 is 3.42. The Balaban J connectivity index is 1.85. The van der Waals surface area contributed by atoms with Gasteiger partial charge in [-0.25, -0.2) is 4.98 Å². The number of hydrogen-bond acceptors (Lipinski definition) is 3. The average Bonchev–Trinajstić information content (AvgIpc) is 2.77. The number of nitrogens with zero attached hydrogens (tertiary/aromatic N) is 2. The molecule has 102 valence electrons. The Morgan fingerprint density at radius 1 is 1.32 bits per heavy atom. The van der Waals surface area contributed by atoms with Crippen LogP contribution in [-0.2, 0) is 20.0 Å². The molecule has 1 heterocycles. The van der Waals surface area contributed by atoms with Crippen LogP contribution in [0.15, 0.2) is 33.5 Å². The topological polar surface area (TPSA) is 50.1 Å². The van der Waals surface area contributed by atoms with E-state index in [9.17, 15) is 5.11 Å². The van der Waals surface area contributed by atoms with E-state index in [2.05, 4.69) is 42.2 Å². The largest absolute Gasteiger partial charge is 0.506 e. The van der Waals surface area contributed by atoms with Crippen LogP contribution in [0.5, 0.6) is 5.75 Å².